The van der Waals surface area contributed by atoms with E-state index in [2.05, 4.69) is 4.90 Å². The maximum absolute atomic E-state index is 7.46. The average Bonchev–Trinajstić information content (AvgIpc) is 2.04. The van der Waals surface area contributed by atoms with Gasteiger partial charge >= 0.3 is 0 Å². The molecule has 14 heavy (non-hydrogen) atoms. The largest absolute Gasteiger partial charge is 0.384 e. The Bertz CT molecular complexity index is 372. The summed E-state index contributed by atoms with van der Waals surface area (Å²) in [6, 6.07) is 5.51. The van der Waals surface area contributed by atoms with Gasteiger partial charge < -0.3 is 10.6 Å². The Hall–Kier alpha value is -1.22. The van der Waals surface area contributed by atoms with Crippen molar-refractivity contribution >= 4 is 23.1 Å². The maximum atomic E-state index is 7.46. The Kier molecular flexibility index (Phi) is 2.33. The maximum Gasteiger partial charge on any atom is 0.124 e. The summed E-state index contributed by atoms with van der Waals surface area (Å²) in [4.78, 5) is 2.20. The zero-order valence-corrected chi connectivity index (χ0v) is 8.51. The molecule has 1 fully saturated rings. The number of nitrogens with two attached hydrogens (primary N) is 1. The van der Waals surface area contributed by atoms with Gasteiger partial charge in [-0.25, -0.2) is 0 Å². The molecule has 3 N–H and O–H groups in total. The lowest BCUT2D eigenvalue weighted by Gasteiger charge is -2.34. The van der Waals surface area contributed by atoms with E-state index in [4.69, 9.17) is 22.7 Å². The van der Waals surface area contributed by atoms with E-state index in [1.165, 1.54) is 6.42 Å². The summed E-state index contributed by atoms with van der Waals surface area (Å²) < 4.78 is 0. The fourth-order valence-corrected chi connectivity index (χ4v) is 1.73. The second-order valence-corrected chi connectivity index (χ2v) is 3.85. The molecule has 1 saturated heterocycles. The van der Waals surface area contributed by atoms with Crippen LogP contribution in [0.5, 0.6) is 0 Å². The van der Waals surface area contributed by atoms with Gasteiger partial charge in [0.05, 0.1) is 0 Å². The van der Waals surface area contributed by atoms with Crippen LogP contribution in [-0.2, 0) is 0 Å². The van der Waals surface area contributed by atoms with Crippen LogP contribution < -0.4 is 10.6 Å². The number of rotatable bonds is 2. The first-order valence-corrected chi connectivity index (χ1v) is 4.95. The van der Waals surface area contributed by atoms with Crippen LogP contribution in [0, 0.1) is 5.41 Å². The molecule has 0 saturated carbocycles. The highest BCUT2D eigenvalue weighted by molar-refractivity contribution is 6.31. The molecule has 0 aromatic heterocycles. The number of nitrogens with zero attached hydrogens (tertiary/aromatic N) is 1. The van der Waals surface area contributed by atoms with E-state index in [-0.39, 0.29) is 5.84 Å². The molecule has 1 aromatic rings. The zero-order valence-electron chi connectivity index (χ0n) is 7.76. The van der Waals surface area contributed by atoms with Gasteiger partial charge in [-0.1, -0.05) is 11.6 Å². The highest BCUT2D eigenvalue weighted by Crippen LogP contribution is 2.27. The average molecular weight is 210 g/mol. The van der Waals surface area contributed by atoms with Gasteiger partial charge in [0.2, 0.25) is 0 Å². The Labute approximate surface area is 88.0 Å². The van der Waals surface area contributed by atoms with Crippen LogP contribution in [0.1, 0.15) is 12.0 Å². The molecule has 4 heteroatoms. The fraction of sp³-hybridized carbons (Fsp3) is 0.300. The second kappa shape index (κ2) is 3.50. The van der Waals surface area contributed by atoms with E-state index in [1.54, 1.807) is 6.07 Å². The van der Waals surface area contributed by atoms with Gasteiger partial charge in [-0.05, 0) is 24.6 Å². The summed E-state index contributed by atoms with van der Waals surface area (Å²) in [5, 5.41) is 8.08. The molecule has 0 amide bonds. The number of benzene rings is 1. The first-order chi connectivity index (χ1) is 6.68. The predicted octanol–water partition coefficient (Wildman–Crippen LogP) is 1.83. The monoisotopic (exact) mass is 209 g/mol. The third kappa shape index (κ3) is 1.55. The molecule has 3 nitrogen and oxygen atoms in total. The van der Waals surface area contributed by atoms with Gasteiger partial charge in [0, 0.05) is 29.4 Å². The molecule has 1 aliphatic rings. The van der Waals surface area contributed by atoms with E-state index < -0.39 is 0 Å². The minimum absolute atomic E-state index is 0.0781. The van der Waals surface area contributed by atoms with Crippen LogP contribution in [0.2, 0.25) is 5.02 Å². The molecule has 0 radical (unpaired) electrons. The van der Waals surface area contributed by atoms with Crippen molar-refractivity contribution in [2.75, 3.05) is 18.0 Å². The first-order valence-electron chi connectivity index (χ1n) is 4.57. The van der Waals surface area contributed by atoms with Gasteiger partial charge in [-0.15, -0.1) is 0 Å². The van der Waals surface area contributed by atoms with Gasteiger partial charge in [-0.2, -0.15) is 0 Å². The molecular weight excluding hydrogens is 198 g/mol. The lowest BCUT2D eigenvalue weighted by atomic mass is 10.1. The van der Waals surface area contributed by atoms with Gasteiger partial charge in [0.15, 0.2) is 0 Å². The Balaban J connectivity index is 2.41. The number of hydrogen-bond donors (Lipinski definition) is 2. The van der Waals surface area contributed by atoms with Crippen molar-refractivity contribution in [2.45, 2.75) is 6.42 Å². The predicted molar refractivity (Wildman–Crippen MR) is 59.3 cm³/mol. The van der Waals surface area contributed by atoms with E-state index >= 15 is 0 Å². The summed E-state index contributed by atoms with van der Waals surface area (Å²) in [7, 11) is 0. The van der Waals surface area contributed by atoms with Crippen LogP contribution in [0.4, 0.5) is 5.69 Å². The van der Waals surface area contributed by atoms with E-state index in [0.717, 1.165) is 24.3 Å². The molecule has 1 heterocycles. The molecule has 1 aromatic carbocycles. The van der Waals surface area contributed by atoms with E-state index in [1.807, 2.05) is 12.1 Å². The van der Waals surface area contributed by atoms with Crippen LogP contribution in [-0.4, -0.2) is 18.9 Å². The number of amidine groups is 1. The molecule has 2 rings (SSSR count). The summed E-state index contributed by atoms with van der Waals surface area (Å²) in [5.74, 6) is 0.0781. The van der Waals surface area contributed by atoms with Crippen molar-refractivity contribution in [3.05, 3.63) is 28.8 Å². The Morgan fingerprint density at radius 3 is 2.64 bits per heavy atom. The lowest BCUT2D eigenvalue weighted by Crippen LogP contribution is -2.38. The van der Waals surface area contributed by atoms with E-state index in [0.29, 0.717) is 5.02 Å². The molecular formula is C10H12ClN3. The van der Waals surface area contributed by atoms with Crippen LogP contribution >= 0.6 is 11.6 Å². The molecule has 0 atom stereocenters. The van der Waals surface area contributed by atoms with Crippen molar-refractivity contribution in [1.82, 2.24) is 0 Å². The number of nitrogen functional groups attached to an aromatic ring is 1. The molecule has 0 unspecified atom stereocenters. The summed E-state index contributed by atoms with van der Waals surface area (Å²) in [5.41, 5.74) is 7.25. The van der Waals surface area contributed by atoms with Crippen LogP contribution in [0.25, 0.3) is 0 Å². The van der Waals surface area contributed by atoms with Crippen LogP contribution in [0.3, 0.4) is 0 Å². The number of halogens is 1. The number of nitrogens with one attached hydrogen (secondary N) is 1. The quantitative estimate of drug-likeness (QED) is 0.577. The third-order valence-electron chi connectivity index (χ3n) is 2.45. The summed E-state index contributed by atoms with van der Waals surface area (Å²) in [6.07, 6.45) is 1.21. The molecule has 0 spiro atoms. The van der Waals surface area contributed by atoms with Crippen molar-refractivity contribution in [3.63, 3.8) is 0 Å². The van der Waals surface area contributed by atoms with Gasteiger partial charge in [0.25, 0.3) is 0 Å². The second-order valence-electron chi connectivity index (χ2n) is 3.42. The van der Waals surface area contributed by atoms with Crippen LogP contribution in [0.15, 0.2) is 18.2 Å². The van der Waals surface area contributed by atoms with Gasteiger partial charge in [0.1, 0.15) is 5.84 Å². The number of hydrogen-bond acceptors (Lipinski definition) is 2. The highest BCUT2D eigenvalue weighted by Gasteiger charge is 2.18. The summed E-state index contributed by atoms with van der Waals surface area (Å²) in [6.45, 7) is 2.09. The standard InChI is InChI=1S/C10H12ClN3/c11-7-2-3-9(14-4-1-5-14)8(6-7)10(12)13/h2-3,6H,1,4-5H2,(H3,12,13). The molecule has 0 aliphatic carbocycles. The van der Waals surface area contributed by atoms with Crippen molar-refractivity contribution in [1.29, 1.82) is 5.41 Å². The van der Waals surface area contributed by atoms with E-state index in [9.17, 15) is 0 Å². The molecule has 0 bridgehead atoms. The first kappa shape index (κ1) is 9.34. The normalized spacial score (nSPS) is 15.1. The third-order valence-corrected chi connectivity index (χ3v) is 2.68. The Morgan fingerprint density at radius 2 is 2.14 bits per heavy atom. The molecule has 1 aliphatic heterocycles. The highest BCUT2D eigenvalue weighted by atomic mass is 35.5. The fourth-order valence-electron chi connectivity index (χ4n) is 1.56. The minimum atomic E-state index is 0.0781. The van der Waals surface area contributed by atoms with Crippen molar-refractivity contribution < 1.29 is 0 Å². The van der Waals surface area contributed by atoms with Crippen molar-refractivity contribution in [3.8, 4) is 0 Å². The SMILES string of the molecule is N=C(N)c1cc(Cl)ccc1N1CCC1. The summed E-state index contributed by atoms with van der Waals surface area (Å²) >= 11 is 5.86. The minimum Gasteiger partial charge on any atom is -0.384 e. The van der Waals surface area contributed by atoms with Crippen molar-refractivity contribution in [2.24, 2.45) is 5.73 Å². The topological polar surface area (TPSA) is 53.1 Å². The lowest BCUT2D eigenvalue weighted by molar-refractivity contribution is 0.617. The van der Waals surface area contributed by atoms with Gasteiger partial charge in [-0.3, -0.25) is 5.41 Å². The number of anilines is 1. The zero-order chi connectivity index (χ0) is 10.1. The Morgan fingerprint density at radius 1 is 1.43 bits per heavy atom. The smallest absolute Gasteiger partial charge is 0.124 e. The molecule has 74 valence electrons.